The third-order valence-electron chi connectivity index (χ3n) is 5.36. The first-order chi connectivity index (χ1) is 13.9. The van der Waals surface area contributed by atoms with Crippen LogP contribution in [-0.2, 0) is 5.41 Å². The number of aromatic nitrogens is 2. The molecule has 1 aliphatic heterocycles. The summed E-state index contributed by atoms with van der Waals surface area (Å²) < 4.78 is 5.70. The van der Waals surface area contributed by atoms with Crippen molar-refractivity contribution in [2.75, 3.05) is 6.61 Å². The van der Waals surface area contributed by atoms with Gasteiger partial charge in [0, 0.05) is 18.6 Å². The molecule has 2 aromatic rings. The average molecular weight is 390 g/mol. The van der Waals surface area contributed by atoms with E-state index < -0.39 is 5.41 Å². The predicted octanol–water partition coefficient (Wildman–Crippen LogP) is 3.18. The molecule has 1 aliphatic rings. The molecule has 0 aliphatic carbocycles. The van der Waals surface area contributed by atoms with Gasteiger partial charge in [0.15, 0.2) is 0 Å². The summed E-state index contributed by atoms with van der Waals surface area (Å²) in [6.45, 7) is 8.18. The van der Waals surface area contributed by atoms with Gasteiger partial charge in [0.2, 0.25) is 11.8 Å². The van der Waals surface area contributed by atoms with Gasteiger partial charge in [-0.3, -0.25) is 0 Å². The number of nitrogens with two attached hydrogens (primary N) is 1. The minimum atomic E-state index is -0.795. The summed E-state index contributed by atoms with van der Waals surface area (Å²) >= 11 is 0. The highest BCUT2D eigenvalue weighted by atomic mass is 16.5. The molecule has 0 saturated heterocycles. The van der Waals surface area contributed by atoms with E-state index in [2.05, 4.69) is 48.0 Å². The van der Waals surface area contributed by atoms with Gasteiger partial charge in [-0.25, -0.2) is 5.10 Å². The number of H-pyrrole nitrogens is 1. The molecule has 0 saturated carbocycles. The first kappa shape index (κ1) is 20.5. The van der Waals surface area contributed by atoms with Crippen LogP contribution >= 0.6 is 0 Å². The van der Waals surface area contributed by atoms with Crippen LogP contribution in [0.25, 0.3) is 0 Å². The van der Waals surface area contributed by atoms with E-state index in [-0.39, 0.29) is 18.4 Å². The predicted molar refractivity (Wildman–Crippen MR) is 111 cm³/mol. The summed E-state index contributed by atoms with van der Waals surface area (Å²) in [6, 6.07) is 8.42. The lowest BCUT2D eigenvalue weighted by atomic mass is 9.61. The van der Waals surface area contributed by atoms with Crippen molar-refractivity contribution in [3.8, 4) is 23.8 Å². The van der Waals surface area contributed by atoms with Gasteiger partial charge in [-0.15, -0.1) is 0 Å². The summed E-state index contributed by atoms with van der Waals surface area (Å²) in [5, 5.41) is 26.2. The van der Waals surface area contributed by atoms with Crippen molar-refractivity contribution in [1.82, 2.24) is 10.2 Å². The van der Waals surface area contributed by atoms with Crippen LogP contribution in [0.15, 0.2) is 29.7 Å². The Morgan fingerprint density at radius 1 is 1.31 bits per heavy atom. The van der Waals surface area contributed by atoms with Gasteiger partial charge in [0.1, 0.15) is 11.6 Å². The Morgan fingerprint density at radius 2 is 2.07 bits per heavy atom. The molecule has 0 fully saturated rings. The Hall–Kier alpha value is -3.22. The highest BCUT2D eigenvalue weighted by Gasteiger charge is 2.50. The standard InChI is InChI=1S/C23H26N4O2/c1-14(2)23(18-11-15(3)10-17(12-18)8-6-5-7-9-28)19(13-24)21(25)29-22-20(23)16(4)26-27-22/h10-12,14,28H,5,7,9,25H2,1-4H3,(H,26,27). The number of aliphatic hydroxyl groups excluding tert-OH is 1. The van der Waals surface area contributed by atoms with Crippen molar-refractivity contribution in [2.45, 2.75) is 46.0 Å². The number of rotatable bonds is 4. The fourth-order valence-corrected chi connectivity index (χ4v) is 4.19. The van der Waals surface area contributed by atoms with Gasteiger partial charge in [-0.05, 0) is 49.4 Å². The van der Waals surface area contributed by atoms with E-state index in [1.54, 1.807) is 0 Å². The minimum absolute atomic E-state index is 0.00616. The average Bonchev–Trinajstić information content (AvgIpc) is 3.04. The quantitative estimate of drug-likeness (QED) is 0.549. The zero-order chi connectivity index (χ0) is 21.2. The molecule has 1 aromatic heterocycles. The Balaban J connectivity index is 2.30. The van der Waals surface area contributed by atoms with Crippen LogP contribution in [0.1, 0.15) is 54.6 Å². The second kappa shape index (κ2) is 8.03. The number of aromatic amines is 1. The molecule has 0 amide bonds. The van der Waals surface area contributed by atoms with Crippen LogP contribution in [-0.4, -0.2) is 21.9 Å². The lowest BCUT2D eigenvalue weighted by Gasteiger charge is -2.41. The van der Waals surface area contributed by atoms with E-state index >= 15 is 0 Å². The highest BCUT2D eigenvalue weighted by molar-refractivity contribution is 5.63. The number of ether oxygens (including phenoxy) is 1. The van der Waals surface area contributed by atoms with Crippen LogP contribution in [0.4, 0.5) is 0 Å². The number of aryl methyl sites for hydroxylation is 2. The zero-order valence-electron chi connectivity index (χ0n) is 17.3. The first-order valence-electron chi connectivity index (χ1n) is 9.71. The van der Waals surface area contributed by atoms with Crippen molar-refractivity contribution in [3.05, 3.63) is 57.6 Å². The van der Waals surface area contributed by atoms with Crippen LogP contribution in [0.3, 0.4) is 0 Å². The largest absolute Gasteiger partial charge is 0.422 e. The fourth-order valence-electron chi connectivity index (χ4n) is 4.19. The van der Waals surface area contributed by atoms with Gasteiger partial charge >= 0.3 is 0 Å². The molecular weight excluding hydrogens is 364 g/mol. The Labute approximate surface area is 171 Å². The van der Waals surface area contributed by atoms with Gasteiger partial charge < -0.3 is 15.6 Å². The molecule has 0 spiro atoms. The highest BCUT2D eigenvalue weighted by Crippen LogP contribution is 2.52. The van der Waals surface area contributed by atoms with Gasteiger partial charge in [0.05, 0.1) is 16.7 Å². The molecule has 150 valence electrons. The lowest BCUT2D eigenvalue weighted by molar-refractivity contribution is 0.290. The molecule has 1 aromatic carbocycles. The number of fused-ring (bicyclic) bond motifs is 1. The van der Waals surface area contributed by atoms with E-state index in [0.717, 1.165) is 27.9 Å². The number of hydrogen-bond acceptors (Lipinski definition) is 5. The van der Waals surface area contributed by atoms with E-state index in [1.165, 1.54) is 0 Å². The number of nitrogens with one attached hydrogen (secondary N) is 1. The van der Waals surface area contributed by atoms with Crippen LogP contribution in [0.2, 0.25) is 0 Å². The number of hydrogen-bond donors (Lipinski definition) is 3. The molecule has 1 atom stereocenters. The monoisotopic (exact) mass is 390 g/mol. The number of allylic oxidation sites excluding steroid dienone is 1. The topological polar surface area (TPSA) is 108 Å². The Kier molecular flexibility index (Phi) is 5.68. The molecular formula is C23H26N4O2. The van der Waals surface area contributed by atoms with Gasteiger partial charge in [-0.1, -0.05) is 31.8 Å². The smallest absolute Gasteiger partial charge is 0.222 e. The molecule has 3 rings (SSSR count). The van der Waals surface area contributed by atoms with Crippen molar-refractivity contribution in [1.29, 1.82) is 5.26 Å². The first-order valence-corrected chi connectivity index (χ1v) is 9.71. The van der Waals surface area contributed by atoms with E-state index in [0.29, 0.717) is 24.3 Å². The van der Waals surface area contributed by atoms with Crippen LogP contribution in [0, 0.1) is 42.9 Å². The minimum Gasteiger partial charge on any atom is -0.422 e. The third kappa shape index (κ3) is 3.37. The molecule has 1 unspecified atom stereocenters. The van der Waals surface area contributed by atoms with Crippen LogP contribution < -0.4 is 10.5 Å². The molecule has 6 nitrogen and oxygen atoms in total. The molecule has 4 N–H and O–H groups in total. The zero-order valence-corrected chi connectivity index (χ0v) is 17.3. The Morgan fingerprint density at radius 3 is 2.72 bits per heavy atom. The summed E-state index contributed by atoms with van der Waals surface area (Å²) in [7, 11) is 0. The number of aliphatic hydroxyl groups is 1. The molecule has 29 heavy (non-hydrogen) atoms. The molecule has 0 radical (unpaired) electrons. The maximum Gasteiger partial charge on any atom is 0.222 e. The Bertz CT molecular complexity index is 1060. The van der Waals surface area contributed by atoms with Crippen molar-refractivity contribution >= 4 is 0 Å². The van der Waals surface area contributed by atoms with E-state index in [9.17, 15) is 5.26 Å². The maximum absolute atomic E-state index is 10.1. The number of unbranched alkanes of at least 4 members (excludes halogenated alkanes) is 1. The second-order valence-corrected chi connectivity index (χ2v) is 7.65. The molecule has 6 heteroatoms. The van der Waals surface area contributed by atoms with Crippen molar-refractivity contribution in [2.24, 2.45) is 11.7 Å². The van der Waals surface area contributed by atoms with Crippen LogP contribution in [0.5, 0.6) is 5.88 Å². The van der Waals surface area contributed by atoms with Crippen molar-refractivity contribution in [3.63, 3.8) is 0 Å². The maximum atomic E-state index is 10.1. The van der Waals surface area contributed by atoms with Crippen molar-refractivity contribution < 1.29 is 9.84 Å². The third-order valence-corrected chi connectivity index (χ3v) is 5.36. The number of nitrogens with zero attached hydrogens (tertiary/aromatic N) is 2. The summed E-state index contributed by atoms with van der Waals surface area (Å²) in [5.74, 6) is 6.87. The van der Waals surface area contributed by atoms with E-state index in [1.807, 2.05) is 26.0 Å². The lowest BCUT2D eigenvalue weighted by Crippen LogP contribution is -2.41. The van der Waals surface area contributed by atoms with E-state index in [4.69, 9.17) is 15.6 Å². The summed E-state index contributed by atoms with van der Waals surface area (Å²) in [5.41, 5.74) is 10.2. The summed E-state index contributed by atoms with van der Waals surface area (Å²) in [4.78, 5) is 0. The molecule has 0 bridgehead atoms. The SMILES string of the molecule is Cc1cc(C#CCCCO)cc(C2(C(C)C)C(C#N)=C(N)Oc3[nH]nc(C)c32)c1. The van der Waals surface area contributed by atoms with Gasteiger partial charge in [0.25, 0.3) is 0 Å². The second-order valence-electron chi connectivity index (χ2n) is 7.65. The normalized spacial score (nSPS) is 18.0. The number of benzene rings is 1. The molecule has 2 heterocycles. The fraction of sp³-hybridized carbons (Fsp3) is 0.391. The number of nitriles is 1. The summed E-state index contributed by atoms with van der Waals surface area (Å²) in [6.07, 6.45) is 1.28. The van der Waals surface area contributed by atoms with Gasteiger partial charge in [-0.2, -0.15) is 10.4 Å².